The Kier molecular flexibility index (Phi) is 4.56. The van der Waals surface area contributed by atoms with E-state index in [1.807, 2.05) is 0 Å². The van der Waals surface area contributed by atoms with Crippen molar-refractivity contribution in [3.05, 3.63) is 11.8 Å². The van der Waals surface area contributed by atoms with Crippen LogP contribution in [-0.2, 0) is 0 Å². The lowest BCUT2D eigenvalue weighted by Gasteiger charge is -1.88. The summed E-state index contributed by atoms with van der Waals surface area (Å²) in [6.07, 6.45) is 2.15. The molecule has 0 aromatic rings. The van der Waals surface area contributed by atoms with Crippen LogP contribution in [-0.4, -0.2) is 8.83 Å². The predicted molar refractivity (Wildman–Crippen MR) is 38.4 cm³/mol. The van der Waals surface area contributed by atoms with Crippen LogP contribution in [0.5, 0.6) is 0 Å². The topological polar surface area (TPSA) is 0 Å². The van der Waals surface area contributed by atoms with E-state index < -0.39 is 0 Å². The molecule has 7 heavy (non-hydrogen) atoms. The highest BCUT2D eigenvalue weighted by Crippen LogP contribution is 1.91. The fourth-order valence-electron chi connectivity index (χ4n) is 0.324. The molecule has 42 valence electrons. The van der Waals surface area contributed by atoms with Crippen molar-refractivity contribution >= 4 is 19.9 Å². The predicted octanol–water partition coefficient (Wildman–Crippen LogP) is 1.48. The number of allylic oxidation sites excluding steroid dienone is 1. The maximum Gasteiger partial charge on any atom is 0.148 e. The molecule has 0 nitrogen and oxygen atoms in total. The molecule has 0 aromatic heterocycles. The van der Waals surface area contributed by atoms with E-state index in [0.29, 0.717) is 5.92 Å². The van der Waals surface area contributed by atoms with Gasteiger partial charge in [-0.3, -0.25) is 0 Å². The Hall–Kier alpha value is 0.247. The molecule has 0 spiro atoms. The van der Waals surface area contributed by atoms with Gasteiger partial charge in [-0.25, -0.2) is 0 Å². The second-order valence-corrected chi connectivity index (χ2v) is 3.53. The Bertz CT molecular complexity index is 59.1. The van der Waals surface area contributed by atoms with Crippen molar-refractivity contribution in [3.8, 4) is 0 Å². The summed E-state index contributed by atoms with van der Waals surface area (Å²) in [7, 11) is -0.337. The molecule has 0 aliphatic rings. The first-order chi connectivity index (χ1) is 3.27. The summed E-state index contributed by atoms with van der Waals surface area (Å²) in [6.45, 7) is 4.30. The van der Waals surface area contributed by atoms with Gasteiger partial charge < -0.3 is 0 Å². The zero-order chi connectivity index (χ0) is 5.70. The molecule has 0 N–H and O–H groups in total. The average Bonchev–Trinajstić information content (AvgIpc) is 1.61. The fourth-order valence-corrected chi connectivity index (χ4v) is 1.28. The number of rotatable bonds is 2. The van der Waals surface area contributed by atoms with Crippen LogP contribution in [0.3, 0.4) is 0 Å². The van der Waals surface area contributed by atoms with E-state index in [1.165, 1.54) is 0 Å². The summed E-state index contributed by atoms with van der Waals surface area (Å²) >= 11 is 5.50. The van der Waals surface area contributed by atoms with Crippen molar-refractivity contribution in [1.29, 1.82) is 0 Å². The first-order valence-electron chi connectivity index (χ1n) is 2.50. The molecule has 0 fully saturated rings. The molecular formula is C5H11ClSi. The Morgan fingerprint density at radius 1 is 1.57 bits per heavy atom. The maximum absolute atomic E-state index is 5.50. The van der Waals surface area contributed by atoms with E-state index in [1.54, 1.807) is 0 Å². The fraction of sp³-hybridized carbons (Fsp3) is 0.600. The first-order valence-corrected chi connectivity index (χ1v) is 5.45. The lowest BCUT2D eigenvalue weighted by Crippen LogP contribution is -1.77. The second kappa shape index (κ2) is 4.41. The van der Waals surface area contributed by atoms with Gasteiger partial charge in [-0.2, -0.15) is 11.1 Å². The van der Waals surface area contributed by atoms with Gasteiger partial charge in [0.1, 0.15) is 8.83 Å². The van der Waals surface area contributed by atoms with Crippen LogP contribution in [0.4, 0.5) is 0 Å². The lowest BCUT2D eigenvalue weighted by atomic mass is 10.2. The summed E-state index contributed by atoms with van der Waals surface area (Å²) in [4.78, 5) is 0. The average molecular weight is 135 g/mol. The highest BCUT2D eigenvalue weighted by Gasteiger charge is 1.79. The van der Waals surface area contributed by atoms with Crippen molar-refractivity contribution in [2.75, 3.05) is 0 Å². The van der Waals surface area contributed by atoms with E-state index in [2.05, 4.69) is 25.6 Å². The van der Waals surface area contributed by atoms with Crippen molar-refractivity contribution in [3.63, 3.8) is 0 Å². The van der Waals surface area contributed by atoms with Crippen molar-refractivity contribution < 1.29 is 0 Å². The number of hydrogen-bond acceptors (Lipinski definition) is 0. The summed E-state index contributed by atoms with van der Waals surface area (Å²) < 4.78 is 0. The third-order valence-corrected chi connectivity index (χ3v) is 1.59. The summed E-state index contributed by atoms with van der Waals surface area (Å²) in [6, 6.07) is 0. The summed E-state index contributed by atoms with van der Waals surface area (Å²) in [5.41, 5.74) is 2.10. The number of halogens is 1. The molecule has 0 amide bonds. The van der Waals surface area contributed by atoms with Gasteiger partial charge in [0.05, 0.1) is 0 Å². The molecule has 0 heterocycles. The minimum absolute atomic E-state index is 0.337. The lowest BCUT2D eigenvalue weighted by molar-refractivity contribution is 0.833. The molecule has 0 bridgehead atoms. The third kappa shape index (κ3) is 6.25. The molecule has 0 radical (unpaired) electrons. The quantitative estimate of drug-likeness (QED) is 0.397. The monoisotopic (exact) mass is 134 g/mol. The highest BCUT2D eigenvalue weighted by molar-refractivity contribution is 6.96. The third-order valence-electron chi connectivity index (χ3n) is 0.610. The Morgan fingerprint density at radius 3 is 2.29 bits per heavy atom. The van der Waals surface area contributed by atoms with E-state index >= 15 is 0 Å². The number of hydrogen-bond donors (Lipinski definition) is 0. The van der Waals surface area contributed by atoms with Gasteiger partial charge in [0.25, 0.3) is 0 Å². The zero-order valence-electron chi connectivity index (χ0n) is 4.82. The van der Waals surface area contributed by atoms with E-state index in [4.69, 9.17) is 11.1 Å². The second-order valence-electron chi connectivity index (χ2n) is 1.83. The minimum Gasteiger partial charge on any atom is -0.171 e. The van der Waals surface area contributed by atoms with Gasteiger partial charge in [-0.1, -0.05) is 25.6 Å². The van der Waals surface area contributed by atoms with E-state index in [0.717, 1.165) is 0 Å². The van der Waals surface area contributed by atoms with Gasteiger partial charge in [0.15, 0.2) is 0 Å². The normalized spacial score (nSPS) is 13.1. The van der Waals surface area contributed by atoms with Crippen molar-refractivity contribution in [2.45, 2.75) is 13.8 Å². The largest absolute Gasteiger partial charge is 0.171 e. The SMILES string of the molecule is CC(C)C=C[SiH2]Cl. The van der Waals surface area contributed by atoms with Crippen LogP contribution < -0.4 is 0 Å². The zero-order valence-corrected chi connectivity index (χ0v) is 6.99. The molecule has 0 rings (SSSR count). The van der Waals surface area contributed by atoms with Crippen molar-refractivity contribution in [1.82, 2.24) is 0 Å². The maximum atomic E-state index is 5.50. The standard InChI is InChI=1S/C5H11ClSi/c1-5(2)3-4-7-6/h3-5H,7H2,1-2H3. The van der Waals surface area contributed by atoms with Gasteiger partial charge in [0.2, 0.25) is 0 Å². The van der Waals surface area contributed by atoms with Crippen LogP contribution in [0, 0.1) is 5.92 Å². The molecule has 0 saturated heterocycles. The van der Waals surface area contributed by atoms with Crippen LogP contribution in [0.15, 0.2) is 11.8 Å². The first kappa shape index (κ1) is 7.25. The smallest absolute Gasteiger partial charge is 0.148 e. The van der Waals surface area contributed by atoms with Crippen LogP contribution in [0.1, 0.15) is 13.8 Å². The van der Waals surface area contributed by atoms with Gasteiger partial charge >= 0.3 is 0 Å². The van der Waals surface area contributed by atoms with Gasteiger partial charge in [0, 0.05) is 0 Å². The minimum atomic E-state index is -0.337. The molecule has 0 aliphatic heterocycles. The van der Waals surface area contributed by atoms with E-state index in [9.17, 15) is 0 Å². The molecule has 0 aromatic carbocycles. The summed E-state index contributed by atoms with van der Waals surface area (Å²) in [5.74, 6) is 0.672. The molecule has 2 heteroatoms. The molecular weight excluding hydrogens is 124 g/mol. The van der Waals surface area contributed by atoms with Crippen LogP contribution in [0.2, 0.25) is 0 Å². The summed E-state index contributed by atoms with van der Waals surface area (Å²) in [5, 5.41) is 0. The van der Waals surface area contributed by atoms with E-state index in [-0.39, 0.29) is 8.83 Å². The molecule has 0 atom stereocenters. The van der Waals surface area contributed by atoms with Gasteiger partial charge in [-0.05, 0) is 5.92 Å². The molecule has 0 unspecified atom stereocenters. The van der Waals surface area contributed by atoms with Crippen molar-refractivity contribution in [2.24, 2.45) is 5.92 Å². The Morgan fingerprint density at radius 2 is 2.14 bits per heavy atom. The Labute approximate surface area is 52.1 Å². The van der Waals surface area contributed by atoms with Crippen LogP contribution >= 0.6 is 11.1 Å². The molecule has 0 saturated carbocycles. The molecule has 0 aliphatic carbocycles. The van der Waals surface area contributed by atoms with Gasteiger partial charge in [-0.15, -0.1) is 0 Å². The highest BCUT2D eigenvalue weighted by atomic mass is 35.6. The Balaban J connectivity index is 3.08. The van der Waals surface area contributed by atoms with Crippen LogP contribution in [0.25, 0.3) is 0 Å².